The SMILES string of the molecule is O=C([N-]S(=O)(=O)c1ccc(N2CCOCC2)nc1)c1ccc(Br)cc1F.[Na+]. The number of amides is 1. The van der Waals surface area contributed by atoms with E-state index in [9.17, 15) is 17.6 Å². The summed E-state index contributed by atoms with van der Waals surface area (Å²) in [5, 5.41) is 0. The smallest absolute Gasteiger partial charge is 0.537 e. The molecule has 1 aliphatic rings. The second-order valence-electron chi connectivity index (χ2n) is 5.45. The van der Waals surface area contributed by atoms with Crippen LogP contribution in [0.3, 0.4) is 0 Å². The molecule has 11 heteroatoms. The average Bonchev–Trinajstić information content (AvgIpc) is 2.62. The van der Waals surface area contributed by atoms with Gasteiger partial charge in [-0.1, -0.05) is 15.9 Å². The summed E-state index contributed by atoms with van der Waals surface area (Å²) in [5.41, 5.74) is -0.422. The van der Waals surface area contributed by atoms with Crippen LogP contribution in [0, 0.1) is 5.82 Å². The van der Waals surface area contributed by atoms with Crippen LogP contribution in [0.5, 0.6) is 0 Å². The van der Waals surface area contributed by atoms with Crippen molar-refractivity contribution < 1.29 is 51.9 Å². The molecule has 1 fully saturated rings. The first-order chi connectivity index (χ1) is 12.4. The Hall–Kier alpha value is -1.04. The number of aromatic nitrogens is 1. The zero-order valence-corrected chi connectivity index (χ0v) is 18.8. The summed E-state index contributed by atoms with van der Waals surface area (Å²) >= 11 is 3.06. The van der Waals surface area contributed by atoms with E-state index in [-0.39, 0.29) is 34.5 Å². The number of pyridine rings is 1. The predicted octanol–water partition coefficient (Wildman–Crippen LogP) is -0.273. The van der Waals surface area contributed by atoms with Crippen molar-refractivity contribution in [3.05, 3.63) is 57.1 Å². The van der Waals surface area contributed by atoms with Gasteiger partial charge in [0.15, 0.2) is 0 Å². The first-order valence-electron chi connectivity index (χ1n) is 7.63. The van der Waals surface area contributed by atoms with E-state index in [0.717, 1.165) is 12.3 Å². The summed E-state index contributed by atoms with van der Waals surface area (Å²) in [5.74, 6) is -1.42. The molecule has 2 heterocycles. The fourth-order valence-electron chi connectivity index (χ4n) is 2.38. The number of hydrogen-bond acceptors (Lipinski definition) is 6. The number of sulfonamides is 1. The molecule has 27 heavy (non-hydrogen) atoms. The Morgan fingerprint density at radius 3 is 2.52 bits per heavy atom. The maximum Gasteiger partial charge on any atom is 1.00 e. The number of carbonyl (C=O) groups is 1. The molecular formula is C16H14BrFN3NaO4S. The van der Waals surface area contributed by atoms with Gasteiger partial charge in [0.25, 0.3) is 0 Å². The standard InChI is InChI=1S/C16H15BrFN3O4S.Na/c17-11-1-3-13(14(18)9-11)16(22)20-26(23,24)12-2-4-15(19-10-12)21-5-7-25-8-6-21;/h1-4,9-10H,5-8H2,(H,20,22);/q;+1/p-1. The first kappa shape index (κ1) is 22.3. The van der Waals surface area contributed by atoms with Crippen molar-refractivity contribution in [3.8, 4) is 0 Å². The Labute approximate surface area is 186 Å². The van der Waals surface area contributed by atoms with Gasteiger partial charge in [-0.05, 0) is 30.3 Å². The van der Waals surface area contributed by atoms with Crippen LogP contribution in [0.1, 0.15) is 10.4 Å². The number of morpholine rings is 1. The first-order valence-corrected chi connectivity index (χ1v) is 9.86. The zero-order valence-electron chi connectivity index (χ0n) is 14.4. The van der Waals surface area contributed by atoms with Gasteiger partial charge in [0.2, 0.25) is 0 Å². The van der Waals surface area contributed by atoms with E-state index in [1.165, 1.54) is 18.2 Å². The molecule has 0 radical (unpaired) electrons. The van der Waals surface area contributed by atoms with E-state index in [0.29, 0.717) is 36.6 Å². The monoisotopic (exact) mass is 465 g/mol. The van der Waals surface area contributed by atoms with Gasteiger partial charge < -0.3 is 19.2 Å². The van der Waals surface area contributed by atoms with E-state index < -0.39 is 27.3 Å². The topological polar surface area (TPSA) is 90.7 Å². The average molecular weight is 466 g/mol. The summed E-state index contributed by atoms with van der Waals surface area (Å²) in [7, 11) is -4.29. The minimum Gasteiger partial charge on any atom is -0.537 e. The molecule has 1 aromatic heterocycles. The van der Waals surface area contributed by atoms with Crippen molar-refractivity contribution in [2.24, 2.45) is 0 Å². The van der Waals surface area contributed by atoms with Crippen LogP contribution >= 0.6 is 15.9 Å². The summed E-state index contributed by atoms with van der Waals surface area (Å²) in [4.78, 5) is 17.9. The minimum atomic E-state index is -4.29. The molecule has 1 amide bonds. The predicted molar refractivity (Wildman–Crippen MR) is 96.2 cm³/mol. The Balaban J connectivity index is 0.00000261. The Morgan fingerprint density at radius 1 is 1.22 bits per heavy atom. The molecule has 0 spiro atoms. The summed E-state index contributed by atoms with van der Waals surface area (Å²) in [6, 6.07) is 6.52. The van der Waals surface area contributed by atoms with Crippen LogP contribution in [0.4, 0.5) is 10.2 Å². The molecule has 0 aliphatic carbocycles. The number of halogens is 2. The van der Waals surface area contributed by atoms with E-state index in [4.69, 9.17) is 4.74 Å². The van der Waals surface area contributed by atoms with Gasteiger partial charge in [-0.15, -0.1) is 0 Å². The third-order valence-electron chi connectivity index (χ3n) is 3.72. The molecule has 2 aromatic rings. The summed E-state index contributed by atoms with van der Waals surface area (Å²) < 4.78 is 47.2. The molecule has 0 bridgehead atoms. The molecule has 3 rings (SSSR count). The van der Waals surface area contributed by atoms with Crippen LogP contribution < -0.4 is 34.5 Å². The number of rotatable bonds is 4. The number of hydrogen-bond donors (Lipinski definition) is 0. The Bertz CT molecular complexity index is 922. The molecule has 138 valence electrons. The van der Waals surface area contributed by atoms with Gasteiger partial charge in [0.05, 0.1) is 24.0 Å². The van der Waals surface area contributed by atoms with Crippen molar-refractivity contribution >= 4 is 37.7 Å². The van der Waals surface area contributed by atoms with E-state index in [2.05, 4.69) is 25.6 Å². The number of nitrogens with zero attached hydrogens (tertiary/aromatic N) is 3. The quantitative estimate of drug-likeness (QED) is 0.577. The van der Waals surface area contributed by atoms with E-state index in [1.807, 2.05) is 4.90 Å². The van der Waals surface area contributed by atoms with Crippen LogP contribution in [0.2, 0.25) is 0 Å². The van der Waals surface area contributed by atoms with E-state index >= 15 is 0 Å². The third-order valence-corrected chi connectivity index (χ3v) is 5.45. The van der Waals surface area contributed by atoms with Gasteiger partial charge in [-0.25, -0.2) is 17.8 Å². The molecule has 1 aromatic carbocycles. The van der Waals surface area contributed by atoms with Crippen molar-refractivity contribution in [1.82, 2.24) is 4.98 Å². The largest absolute Gasteiger partial charge is 1.00 e. The van der Waals surface area contributed by atoms with Gasteiger partial charge in [-0.2, -0.15) is 0 Å². The maximum absolute atomic E-state index is 13.8. The van der Waals surface area contributed by atoms with Crippen molar-refractivity contribution in [2.45, 2.75) is 4.90 Å². The van der Waals surface area contributed by atoms with E-state index in [1.54, 1.807) is 6.07 Å². The molecule has 7 nitrogen and oxygen atoms in total. The van der Waals surface area contributed by atoms with Gasteiger partial charge >= 0.3 is 29.6 Å². The molecule has 1 aliphatic heterocycles. The molecule has 0 atom stereocenters. The Kier molecular flexibility index (Phi) is 7.78. The van der Waals surface area contributed by atoms with Gasteiger partial charge in [0, 0.05) is 29.3 Å². The normalized spacial score (nSPS) is 14.4. The molecule has 1 saturated heterocycles. The summed E-state index contributed by atoms with van der Waals surface area (Å²) in [6.45, 7) is 2.46. The number of ether oxygens (including phenoxy) is 1. The second kappa shape index (κ2) is 9.44. The zero-order chi connectivity index (χ0) is 18.7. The van der Waals surface area contributed by atoms with Gasteiger partial charge in [-0.3, -0.25) is 0 Å². The number of anilines is 1. The maximum atomic E-state index is 13.8. The Morgan fingerprint density at radius 2 is 1.93 bits per heavy atom. The number of carbonyl (C=O) groups excluding carboxylic acids is 1. The van der Waals surface area contributed by atoms with Crippen molar-refractivity contribution in [1.29, 1.82) is 0 Å². The fraction of sp³-hybridized carbons (Fsp3) is 0.250. The van der Waals surface area contributed by atoms with Crippen molar-refractivity contribution in [3.63, 3.8) is 0 Å². The van der Waals surface area contributed by atoms with Crippen LogP contribution in [-0.2, 0) is 14.8 Å². The molecule has 0 unspecified atom stereocenters. The van der Waals surface area contributed by atoms with Crippen LogP contribution in [0.15, 0.2) is 45.9 Å². The van der Waals surface area contributed by atoms with Gasteiger partial charge in [0.1, 0.15) is 21.7 Å². The minimum absolute atomic E-state index is 0. The summed E-state index contributed by atoms with van der Waals surface area (Å²) in [6.07, 6.45) is 1.13. The third kappa shape index (κ3) is 5.49. The van der Waals surface area contributed by atoms with Crippen molar-refractivity contribution in [2.75, 3.05) is 31.2 Å². The number of benzene rings is 1. The molecular weight excluding hydrogens is 452 g/mol. The van der Waals surface area contributed by atoms with Crippen LogP contribution in [0.25, 0.3) is 4.72 Å². The fourth-order valence-corrected chi connectivity index (χ4v) is 3.56. The molecule has 0 saturated carbocycles. The van der Waals surface area contributed by atoms with Crippen LogP contribution in [-0.4, -0.2) is 45.6 Å². The molecule has 0 N–H and O–H groups in total. The second-order valence-corrected chi connectivity index (χ2v) is 7.97.